The van der Waals surface area contributed by atoms with Gasteiger partial charge in [-0.3, -0.25) is 14.4 Å². The van der Waals surface area contributed by atoms with E-state index in [-0.39, 0.29) is 17.7 Å². The Hall–Kier alpha value is -3.67. The Morgan fingerprint density at radius 3 is 1.20 bits per heavy atom. The van der Waals surface area contributed by atoms with E-state index in [9.17, 15) is 14.4 Å². The Kier molecular flexibility index (Phi) is 58.8. The van der Waals surface area contributed by atoms with Gasteiger partial charge in [0.15, 0.2) is 0 Å². The number of hydrogen-bond donors (Lipinski definition) is 2. The third kappa shape index (κ3) is 61.0. The Bertz CT molecular complexity index is 1930. The molecule has 504 valence electrons. The molecule has 1 aromatic carbocycles. The van der Waals surface area contributed by atoms with Crippen LogP contribution in [0.3, 0.4) is 0 Å². The molecule has 4 unspecified atom stereocenters. The molecule has 0 aliphatic carbocycles. The molecular weight excluding hydrogens is 1060 g/mol. The maximum absolute atomic E-state index is 12.1. The number of nitrogens with one attached hydrogen (secondary N) is 2. The lowest BCUT2D eigenvalue weighted by molar-refractivity contribution is -0.125. The molecule has 0 aromatic heterocycles. The molecule has 0 aliphatic rings. The van der Waals surface area contributed by atoms with Gasteiger partial charge in [0.05, 0.1) is 0 Å². The molecule has 6 heteroatoms. The van der Waals surface area contributed by atoms with Gasteiger partial charge in [-0.2, -0.15) is 0 Å². The number of allylic oxidation sites excluding steroid dienone is 7. The van der Waals surface area contributed by atoms with Crippen molar-refractivity contribution in [1.82, 2.24) is 10.2 Å². The summed E-state index contributed by atoms with van der Waals surface area (Å²) in [5.74, 6) is 5.27. The zero-order valence-electron chi connectivity index (χ0n) is 61.0. The molecule has 1 rings (SSSR count). The summed E-state index contributed by atoms with van der Waals surface area (Å²) in [6, 6.07) is 9.63. The highest BCUT2D eigenvalue weighted by atomic mass is 16.2. The van der Waals surface area contributed by atoms with Crippen LogP contribution >= 0.6 is 0 Å². The van der Waals surface area contributed by atoms with Gasteiger partial charge >= 0.3 is 0 Å². The van der Waals surface area contributed by atoms with Crippen molar-refractivity contribution in [3.05, 3.63) is 88.6 Å². The summed E-state index contributed by atoms with van der Waals surface area (Å²) in [5, 5.41) is 5.97. The molecular formula is C81H147N3O3. The van der Waals surface area contributed by atoms with E-state index in [1.165, 1.54) is 214 Å². The van der Waals surface area contributed by atoms with Crippen molar-refractivity contribution >= 4 is 23.4 Å². The number of carbonyl (C=O) groups is 3. The third-order valence-electron chi connectivity index (χ3n) is 17.5. The number of para-hydroxylation sites is 1. The van der Waals surface area contributed by atoms with Gasteiger partial charge < -0.3 is 15.5 Å². The molecule has 0 saturated heterocycles. The Morgan fingerprint density at radius 1 is 0.402 bits per heavy atom. The summed E-state index contributed by atoms with van der Waals surface area (Å²) in [6.45, 7) is 40.4. The number of rotatable bonds is 51. The van der Waals surface area contributed by atoms with Crippen LogP contribution in [0.25, 0.3) is 0 Å². The predicted octanol–water partition coefficient (Wildman–Crippen LogP) is 25.3. The second-order valence-corrected chi connectivity index (χ2v) is 28.4. The summed E-state index contributed by atoms with van der Waals surface area (Å²) >= 11 is 0. The van der Waals surface area contributed by atoms with Crippen LogP contribution in [0.1, 0.15) is 349 Å². The fraction of sp³-hybridized carbons (Fsp3) is 0.765. The molecule has 0 spiro atoms. The van der Waals surface area contributed by atoms with E-state index in [4.69, 9.17) is 0 Å². The van der Waals surface area contributed by atoms with E-state index in [0.717, 1.165) is 106 Å². The van der Waals surface area contributed by atoms with Crippen molar-refractivity contribution in [3.8, 4) is 0 Å². The van der Waals surface area contributed by atoms with Crippen molar-refractivity contribution in [1.29, 1.82) is 0 Å². The van der Waals surface area contributed by atoms with E-state index >= 15 is 0 Å². The predicted molar refractivity (Wildman–Crippen MR) is 389 cm³/mol. The number of benzene rings is 1. The van der Waals surface area contributed by atoms with Gasteiger partial charge in [-0.1, -0.05) is 294 Å². The minimum Gasteiger partial charge on any atom is -0.353 e. The smallest absolute Gasteiger partial charge is 0.248 e. The number of nitrogens with zero attached hydrogens (tertiary/aromatic N) is 1. The summed E-state index contributed by atoms with van der Waals surface area (Å²) in [5.41, 5.74) is 7.25. The number of carbonyl (C=O) groups excluding carboxylic acids is 3. The third-order valence-corrected chi connectivity index (χ3v) is 17.5. The van der Waals surface area contributed by atoms with Crippen molar-refractivity contribution in [2.24, 2.45) is 35.5 Å². The van der Waals surface area contributed by atoms with Crippen molar-refractivity contribution < 1.29 is 14.4 Å². The van der Waals surface area contributed by atoms with Crippen molar-refractivity contribution in [3.63, 3.8) is 0 Å². The second kappa shape index (κ2) is 59.9. The first kappa shape index (κ1) is 85.4. The molecule has 4 atom stereocenters. The fourth-order valence-electron chi connectivity index (χ4n) is 11.4. The standard InChI is InChI=1S/C31H57NO.C26H43NO.C24H47NO/c1-6-7-8-9-10-11-12-13-14-15-16-17-18-19-26-32-31(33)27-30(5)25-21-24-29(4)23-20-22-28(2)3;1-21(2)12-9-13-22(3)14-10-15-23(4)16-11-17-24(5)20-26(28)27-25-18-7-6-8-19-25;1-8-25(9-2)24(26)19-23(7)18-12-17-22(6)16-11-15-21(5)14-10-13-20(3)4/h22,24,27H,6-21,23,25-26H2,1-5H3,(H,32,33);6-8,18-23H,9-17H2,1-5H3,(H,27,28);19-22H,8-18H2,1-7H3/b29-24+,30-27+;24-20+;23-19+. The summed E-state index contributed by atoms with van der Waals surface area (Å²) < 4.78 is 0. The lowest BCUT2D eigenvalue weighted by Crippen LogP contribution is -2.28. The monoisotopic (exact) mass is 1210 g/mol. The van der Waals surface area contributed by atoms with Gasteiger partial charge in [-0.05, 0) is 161 Å². The lowest BCUT2D eigenvalue weighted by Gasteiger charge is -2.17. The first-order valence-electron chi connectivity index (χ1n) is 36.8. The zero-order valence-corrected chi connectivity index (χ0v) is 61.0. The Labute approximate surface area is 543 Å². The summed E-state index contributed by atoms with van der Waals surface area (Å²) in [6.07, 6.45) is 56.9. The second-order valence-electron chi connectivity index (χ2n) is 28.4. The minimum atomic E-state index is -0.0248. The van der Waals surface area contributed by atoms with Crippen LogP contribution < -0.4 is 10.6 Å². The van der Waals surface area contributed by atoms with E-state index < -0.39 is 0 Å². The summed E-state index contributed by atoms with van der Waals surface area (Å²) in [4.78, 5) is 38.1. The van der Waals surface area contributed by atoms with Gasteiger partial charge in [-0.25, -0.2) is 0 Å². The molecule has 0 fully saturated rings. The molecule has 3 amide bonds. The maximum Gasteiger partial charge on any atom is 0.248 e. The van der Waals surface area contributed by atoms with Crippen LogP contribution in [0, 0.1) is 35.5 Å². The normalized spacial score (nSPS) is 13.5. The van der Waals surface area contributed by atoms with E-state index in [0.29, 0.717) is 0 Å². The molecule has 0 aliphatic heterocycles. The number of anilines is 1. The Morgan fingerprint density at radius 2 is 0.770 bits per heavy atom. The topological polar surface area (TPSA) is 78.5 Å². The summed E-state index contributed by atoms with van der Waals surface area (Å²) in [7, 11) is 0. The number of likely N-dealkylation sites (N-methyl/N-ethyl adjacent to an activating group) is 1. The molecule has 1 aromatic rings. The maximum atomic E-state index is 12.1. The fourth-order valence-corrected chi connectivity index (χ4v) is 11.4. The van der Waals surface area contributed by atoms with Gasteiger partial charge in [0.2, 0.25) is 17.7 Å². The van der Waals surface area contributed by atoms with Gasteiger partial charge in [-0.15, -0.1) is 0 Å². The number of hydrogen-bond acceptors (Lipinski definition) is 3. The highest BCUT2D eigenvalue weighted by molar-refractivity contribution is 5.99. The van der Waals surface area contributed by atoms with Gasteiger partial charge in [0, 0.05) is 43.5 Å². The first-order valence-corrected chi connectivity index (χ1v) is 36.8. The lowest BCUT2D eigenvalue weighted by atomic mass is 9.91. The molecule has 0 radical (unpaired) electrons. The molecule has 0 bridgehead atoms. The van der Waals surface area contributed by atoms with Crippen LogP contribution in [0.2, 0.25) is 0 Å². The van der Waals surface area contributed by atoms with E-state index in [2.05, 4.69) is 127 Å². The highest BCUT2D eigenvalue weighted by Gasteiger charge is 2.11. The number of unbranched alkanes of at least 4 members (excludes halogenated alkanes) is 13. The van der Waals surface area contributed by atoms with Crippen LogP contribution in [0.4, 0.5) is 5.69 Å². The van der Waals surface area contributed by atoms with E-state index in [1.807, 2.05) is 55.2 Å². The average molecular weight is 1210 g/mol. The quantitative estimate of drug-likeness (QED) is 0.0388. The number of amides is 3. The Balaban J connectivity index is 0. The minimum absolute atomic E-state index is 0.0248. The van der Waals surface area contributed by atoms with Crippen molar-refractivity contribution in [2.75, 3.05) is 25.0 Å². The van der Waals surface area contributed by atoms with Crippen LogP contribution in [0.5, 0.6) is 0 Å². The van der Waals surface area contributed by atoms with Crippen LogP contribution in [-0.2, 0) is 14.4 Å². The van der Waals surface area contributed by atoms with Crippen LogP contribution in [-0.4, -0.2) is 42.3 Å². The molecule has 87 heavy (non-hydrogen) atoms. The average Bonchev–Trinajstić information content (AvgIpc) is 3.47. The SMILES string of the molecule is C/C(=C\C(=O)Nc1ccccc1)CCCC(C)CCCC(C)CCCC(C)C.CCCCCCCCCCCCCCCCNC(=O)/C=C(\C)CC/C=C(\C)CCC=C(C)C.CCN(CC)C(=O)/C=C(\C)CCCC(C)CCCC(C)CCCC(C)C. The molecule has 0 saturated carbocycles. The van der Waals surface area contributed by atoms with Gasteiger partial charge in [0.25, 0.3) is 0 Å². The molecule has 6 nitrogen and oxygen atoms in total. The zero-order chi connectivity index (χ0) is 65.3. The largest absolute Gasteiger partial charge is 0.353 e. The molecule has 2 N–H and O–H groups in total. The highest BCUT2D eigenvalue weighted by Crippen LogP contribution is 2.24. The van der Waals surface area contributed by atoms with E-state index in [1.54, 1.807) is 12.2 Å². The van der Waals surface area contributed by atoms with Crippen molar-refractivity contribution in [2.45, 2.75) is 349 Å². The van der Waals surface area contributed by atoms with Gasteiger partial charge in [0.1, 0.15) is 0 Å². The molecule has 0 heterocycles. The first-order chi connectivity index (χ1) is 41.6. The van der Waals surface area contributed by atoms with Crippen LogP contribution in [0.15, 0.2) is 88.6 Å².